The van der Waals surface area contributed by atoms with E-state index in [4.69, 9.17) is 0 Å². The fourth-order valence-corrected chi connectivity index (χ4v) is 2.44. The standard InChI is InChI=1S/C13H14F2N2S/c1-3-16-13(12-7-18-8(2)17-12)9-4-5-10(14)11(15)6-9/h4-7,13,16H,3H2,1-2H3. The summed E-state index contributed by atoms with van der Waals surface area (Å²) in [6.45, 7) is 4.61. The quantitative estimate of drug-likeness (QED) is 0.919. The summed E-state index contributed by atoms with van der Waals surface area (Å²) in [7, 11) is 0. The van der Waals surface area contributed by atoms with Crippen LogP contribution in [0.2, 0.25) is 0 Å². The molecule has 2 nitrogen and oxygen atoms in total. The highest BCUT2D eigenvalue weighted by Crippen LogP contribution is 2.24. The molecule has 5 heteroatoms. The first kappa shape index (κ1) is 13.1. The topological polar surface area (TPSA) is 24.9 Å². The molecule has 1 unspecified atom stereocenters. The third kappa shape index (κ3) is 2.73. The second kappa shape index (κ2) is 5.54. The third-order valence-corrected chi connectivity index (χ3v) is 3.41. The molecular weight excluding hydrogens is 254 g/mol. The minimum Gasteiger partial charge on any atom is -0.305 e. The first-order valence-corrected chi connectivity index (χ1v) is 6.60. The summed E-state index contributed by atoms with van der Waals surface area (Å²) in [6.07, 6.45) is 0. The Hall–Kier alpha value is -1.33. The number of hydrogen-bond acceptors (Lipinski definition) is 3. The summed E-state index contributed by atoms with van der Waals surface area (Å²) in [6, 6.07) is 3.75. The zero-order chi connectivity index (χ0) is 13.1. The van der Waals surface area contributed by atoms with Crippen LogP contribution in [0.3, 0.4) is 0 Å². The Balaban J connectivity index is 2.37. The molecule has 18 heavy (non-hydrogen) atoms. The van der Waals surface area contributed by atoms with Crippen LogP contribution in [0.25, 0.3) is 0 Å². The Labute approximate surface area is 109 Å². The molecule has 1 heterocycles. The van der Waals surface area contributed by atoms with Gasteiger partial charge >= 0.3 is 0 Å². The smallest absolute Gasteiger partial charge is 0.159 e. The summed E-state index contributed by atoms with van der Waals surface area (Å²) in [5.74, 6) is -1.66. The molecule has 0 saturated heterocycles. The lowest BCUT2D eigenvalue weighted by molar-refractivity contribution is 0.503. The molecule has 0 aliphatic rings. The molecule has 0 amide bonds. The van der Waals surface area contributed by atoms with Crippen molar-refractivity contribution in [1.82, 2.24) is 10.3 Å². The number of benzene rings is 1. The second-order valence-corrected chi connectivity index (χ2v) is 5.02. The first-order chi connectivity index (χ1) is 8.61. The number of rotatable bonds is 4. The van der Waals surface area contributed by atoms with Crippen LogP contribution in [-0.2, 0) is 0 Å². The predicted octanol–water partition coefficient (Wildman–Crippen LogP) is 3.43. The maximum absolute atomic E-state index is 13.3. The van der Waals surface area contributed by atoms with Crippen LogP contribution in [-0.4, -0.2) is 11.5 Å². The lowest BCUT2D eigenvalue weighted by Crippen LogP contribution is -2.22. The number of nitrogens with one attached hydrogen (secondary N) is 1. The van der Waals surface area contributed by atoms with Crippen molar-refractivity contribution < 1.29 is 8.78 Å². The van der Waals surface area contributed by atoms with Crippen molar-refractivity contribution in [1.29, 1.82) is 0 Å². The molecule has 0 bridgehead atoms. The van der Waals surface area contributed by atoms with E-state index >= 15 is 0 Å². The van der Waals surface area contributed by atoms with Gasteiger partial charge in [0.1, 0.15) is 0 Å². The van der Waals surface area contributed by atoms with Crippen molar-refractivity contribution >= 4 is 11.3 Å². The van der Waals surface area contributed by atoms with E-state index in [0.717, 1.165) is 23.3 Å². The van der Waals surface area contributed by atoms with Gasteiger partial charge in [-0.3, -0.25) is 0 Å². The van der Waals surface area contributed by atoms with Gasteiger partial charge in [-0.05, 0) is 31.2 Å². The van der Waals surface area contributed by atoms with Gasteiger partial charge in [0.15, 0.2) is 11.6 Å². The SMILES string of the molecule is CCNC(c1ccc(F)c(F)c1)c1csc(C)n1. The number of aryl methyl sites for hydroxylation is 1. The first-order valence-electron chi connectivity index (χ1n) is 5.72. The zero-order valence-corrected chi connectivity index (χ0v) is 11.0. The second-order valence-electron chi connectivity index (χ2n) is 3.96. The van der Waals surface area contributed by atoms with Gasteiger partial charge in [0, 0.05) is 5.38 Å². The molecule has 1 aromatic carbocycles. The molecule has 1 N–H and O–H groups in total. The van der Waals surface area contributed by atoms with Gasteiger partial charge < -0.3 is 5.32 Å². The normalized spacial score (nSPS) is 12.7. The molecule has 0 aliphatic heterocycles. The number of hydrogen-bond donors (Lipinski definition) is 1. The zero-order valence-electron chi connectivity index (χ0n) is 10.2. The van der Waals surface area contributed by atoms with Crippen LogP contribution in [0.5, 0.6) is 0 Å². The van der Waals surface area contributed by atoms with Crippen LogP contribution in [0.15, 0.2) is 23.6 Å². The van der Waals surface area contributed by atoms with Gasteiger partial charge in [0.25, 0.3) is 0 Å². The molecule has 0 fully saturated rings. The van der Waals surface area contributed by atoms with Crippen LogP contribution in [0.4, 0.5) is 8.78 Å². The molecule has 0 radical (unpaired) electrons. The number of aromatic nitrogens is 1. The van der Waals surface area contributed by atoms with Crippen molar-refractivity contribution in [3.05, 3.63) is 51.5 Å². The predicted molar refractivity (Wildman–Crippen MR) is 68.7 cm³/mol. The van der Waals surface area contributed by atoms with Gasteiger partial charge in [-0.25, -0.2) is 13.8 Å². The fourth-order valence-electron chi connectivity index (χ4n) is 1.80. The Bertz CT molecular complexity index is 540. The van der Waals surface area contributed by atoms with Crippen LogP contribution in [0.1, 0.15) is 29.2 Å². The average Bonchev–Trinajstić information content (AvgIpc) is 2.76. The largest absolute Gasteiger partial charge is 0.305 e. The monoisotopic (exact) mass is 268 g/mol. The maximum Gasteiger partial charge on any atom is 0.159 e. The van der Waals surface area contributed by atoms with E-state index in [9.17, 15) is 8.78 Å². The summed E-state index contributed by atoms with van der Waals surface area (Å²) in [5, 5.41) is 6.12. The summed E-state index contributed by atoms with van der Waals surface area (Å²) >= 11 is 1.54. The van der Waals surface area contributed by atoms with Gasteiger partial charge in [-0.2, -0.15) is 0 Å². The van der Waals surface area contributed by atoms with Crippen molar-refractivity contribution in [3.8, 4) is 0 Å². The molecule has 1 aromatic heterocycles. The van der Waals surface area contributed by atoms with Gasteiger partial charge in [0.2, 0.25) is 0 Å². The summed E-state index contributed by atoms with van der Waals surface area (Å²) in [5.41, 5.74) is 1.52. The molecule has 0 spiro atoms. The Morgan fingerprint density at radius 2 is 2.11 bits per heavy atom. The van der Waals surface area contributed by atoms with Gasteiger partial charge in [-0.1, -0.05) is 13.0 Å². The average molecular weight is 268 g/mol. The minimum absolute atomic E-state index is 0.199. The van der Waals surface area contributed by atoms with Crippen LogP contribution in [0, 0.1) is 18.6 Å². The van der Waals surface area contributed by atoms with E-state index in [1.54, 1.807) is 17.4 Å². The van der Waals surface area contributed by atoms with E-state index < -0.39 is 11.6 Å². The lowest BCUT2D eigenvalue weighted by atomic mass is 10.0. The number of nitrogens with zero attached hydrogens (tertiary/aromatic N) is 1. The third-order valence-electron chi connectivity index (χ3n) is 2.62. The van der Waals surface area contributed by atoms with Crippen molar-refractivity contribution in [3.63, 3.8) is 0 Å². The van der Waals surface area contributed by atoms with E-state index in [0.29, 0.717) is 5.56 Å². The molecular formula is C13H14F2N2S. The Morgan fingerprint density at radius 1 is 1.33 bits per heavy atom. The fraction of sp³-hybridized carbons (Fsp3) is 0.308. The maximum atomic E-state index is 13.3. The highest BCUT2D eigenvalue weighted by Gasteiger charge is 2.17. The molecule has 0 aliphatic carbocycles. The van der Waals surface area contributed by atoms with E-state index in [1.807, 2.05) is 19.2 Å². The molecule has 2 aromatic rings. The highest BCUT2D eigenvalue weighted by molar-refractivity contribution is 7.09. The van der Waals surface area contributed by atoms with Gasteiger partial charge in [-0.15, -0.1) is 11.3 Å². The molecule has 96 valence electrons. The highest BCUT2D eigenvalue weighted by atomic mass is 32.1. The summed E-state index contributed by atoms with van der Waals surface area (Å²) in [4.78, 5) is 4.40. The lowest BCUT2D eigenvalue weighted by Gasteiger charge is -2.16. The Kier molecular flexibility index (Phi) is 4.04. The molecule has 1 atom stereocenters. The molecule has 0 saturated carbocycles. The van der Waals surface area contributed by atoms with Crippen molar-refractivity contribution in [2.75, 3.05) is 6.54 Å². The summed E-state index contributed by atoms with van der Waals surface area (Å²) < 4.78 is 26.2. The number of halogens is 2. The van der Waals surface area contributed by atoms with Crippen molar-refractivity contribution in [2.24, 2.45) is 0 Å². The minimum atomic E-state index is -0.831. The number of thiazole rings is 1. The van der Waals surface area contributed by atoms with E-state index in [1.165, 1.54) is 6.07 Å². The van der Waals surface area contributed by atoms with Crippen molar-refractivity contribution in [2.45, 2.75) is 19.9 Å². The Morgan fingerprint density at radius 3 is 2.67 bits per heavy atom. The van der Waals surface area contributed by atoms with Crippen LogP contribution >= 0.6 is 11.3 Å². The van der Waals surface area contributed by atoms with Gasteiger partial charge in [0.05, 0.1) is 16.7 Å². The molecule has 2 rings (SSSR count). The van der Waals surface area contributed by atoms with E-state index in [-0.39, 0.29) is 6.04 Å². The van der Waals surface area contributed by atoms with E-state index in [2.05, 4.69) is 10.3 Å². The van der Waals surface area contributed by atoms with Crippen LogP contribution < -0.4 is 5.32 Å².